The molecule has 0 aliphatic carbocycles. The number of anilines is 2. The van der Waals surface area contributed by atoms with E-state index < -0.39 is 5.82 Å². The number of nitrogens with zero attached hydrogens (tertiary/aromatic N) is 2. The number of amides is 1. The summed E-state index contributed by atoms with van der Waals surface area (Å²) >= 11 is 0. The number of nitrogen functional groups attached to an aromatic ring is 1. The van der Waals surface area contributed by atoms with E-state index in [4.69, 9.17) is 5.73 Å². The molecule has 0 aliphatic heterocycles. The first-order valence-corrected chi connectivity index (χ1v) is 7.83. The number of hydrogen-bond acceptors (Lipinski definition) is 4. The third-order valence-electron chi connectivity index (χ3n) is 3.83. The normalized spacial score (nSPS) is 10.2. The topological polar surface area (TPSA) is 91.8 Å². The molecule has 128 valence electrons. The third-order valence-corrected chi connectivity index (χ3v) is 3.83. The molecule has 6 heteroatoms. The first-order chi connectivity index (χ1) is 12.5. The molecular weight excluding hydrogens is 331 g/mol. The molecule has 0 radical (unpaired) electrons. The standard InChI is InChI=1S/C20H15FN4O/c1-12(26)24-14-8-6-13(7-9-14)16-10-19(25-20(23)17(16)11-22)15-4-2-3-5-18(15)21/h2-10H,1H3,(H2,23,25)(H,24,26). The molecule has 26 heavy (non-hydrogen) atoms. The van der Waals surface area contributed by atoms with Crippen molar-refractivity contribution in [2.45, 2.75) is 6.92 Å². The van der Waals surface area contributed by atoms with E-state index in [1.165, 1.54) is 13.0 Å². The zero-order valence-electron chi connectivity index (χ0n) is 14.0. The number of nitriles is 1. The van der Waals surface area contributed by atoms with E-state index in [-0.39, 0.29) is 17.3 Å². The van der Waals surface area contributed by atoms with Crippen molar-refractivity contribution >= 4 is 17.4 Å². The van der Waals surface area contributed by atoms with Gasteiger partial charge in [-0.3, -0.25) is 4.79 Å². The van der Waals surface area contributed by atoms with Gasteiger partial charge in [-0.1, -0.05) is 24.3 Å². The fourth-order valence-corrected chi connectivity index (χ4v) is 2.65. The minimum absolute atomic E-state index is 0.0363. The van der Waals surface area contributed by atoms with Gasteiger partial charge in [-0.15, -0.1) is 0 Å². The molecule has 0 fully saturated rings. The second-order valence-corrected chi connectivity index (χ2v) is 5.67. The van der Waals surface area contributed by atoms with Crippen molar-refractivity contribution < 1.29 is 9.18 Å². The molecule has 0 atom stereocenters. The van der Waals surface area contributed by atoms with Gasteiger partial charge in [0.2, 0.25) is 5.91 Å². The number of pyridine rings is 1. The molecule has 3 aromatic rings. The van der Waals surface area contributed by atoms with Gasteiger partial charge in [0.1, 0.15) is 23.3 Å². The van der Waals surface area contributed by atoms with Crippen LogP contribution in [0.3, 0.4) is 0 Å². The van der Waals surface area contributed by atoms with E-state index in [1.54, 1.807) is 48.5 Å². The van der Waals surface area contributed by atoms with Crippen molar-refractivity contribution in [3.63, 3.8) is 0 Å². The van der Waals surface area contributed by atoms with Crippen LogP contribution < -0.4 is 11.1 Å². The maximum Gasteiger partial charge on any atom is 0.221 e. The Hall–Kier alpha value is -3.72. The summed E-state index contributed by atoms with van der Waals surface area (Å²) in [5, 5.41) is 12.1. The third kappa shape index (κ3) is 3.37. The maximum absolute atomic E-state index is 14.1. The predicted molar refractivity (Wildman–Crippen MR) is 98.5 cm³/mol. The van der Waals surface area contributed by atoms with Crippen LogP contribution in [0.25, 0.3) is 22.4 Å². The van der Waals surface area contributed by atoms with Gasteiger partial charge < -0.3 is 11.1 Å². The number of rotatable bonds is 3. The highest BCUT2D eigenvalue weighted by molar-refractivity contribution is 5.89. The lowest BCUT2D eigenvalue weighted by Gasteiger charge is -2.11. The SMILES string of the molecule is CC(=O)Nc1ccc(-c2cc(-c3ccccc3F)nc(N)c2C#N)cc1. The molecule has 3 N–H and O–H groups in total. The van der Waals surface area contributed by atoms with Crippen LogP contribution in [0.15, 0.2) is 54.6 Å². The number of nitrogens with one attached hydrogen (secondary N) is 1. The number of halogens is 1. The minimum atomic E-state index is -0.420. The maximum atomic E-state index is 14.1. The summed E-state index contributed by atoms with van der Waals surface area (Å²) < 4.78 is 14.1. The Labute approximate surface area is 149 Å². The van der Waals surface area contributed by atoms with Crippen molar-refractivity contribution in [1.29, 1.82) is 5.26 Å². The second kappa shape index (κ2) is 7.03. The number of benzene rings is 2. The van der Waals surface area contributed by atoms with Gasteiger partial charge in [-0.2, -0.15) is 5.26 Å². The highest BCUT2D eigenvalue weighted by Crippen LogP contribution is 2.32. The van der Waals surface area contributed by atoms with E-state index in [0.717, 1.165) is 0 Å². The molecule has 0 saturated heterocycles. The Balaban J connectivity index is 2.13. The van der Waals surface area contributed by atoms with E-state index >= 15 is 0 Å². The van der Waals surface area contributed by atoms with Crippen molar-refractivity contribution in [1.82, 2.24) is 4.98 Å². The summed E-state index contributed by atoms with van der Waals surface area (Å²) in [4.78, 5) is 15.3. The van der Waals surface area contributed by atoms with Gasteiger partial charge in [0.25, 0.3) is 0 Å². The van der Waals surface area contributed by atoms with Crippen molar-refractivity contribution in [3.05, 3.63) is 66.0 Å². The lowest BCUT2D eigenvalue weighted by Crippen LogP contribution is -2.05. The number of carbonyl (C=O) groups excluding carboxylic acids is 1. The van der Waals surface area contributed by atoms with Gasteiger partial charge in [0, 0.05) is 23.7 Å². The average molecular weight is 346 g/mol. The predicted octanol–water partition coefficient (Wildman–Crippen LogP) is 3.97. The molecule has 5 nitrogen and oxygen atoms in total. The van der Waals surface area contributed by atoms with Crippen LogP contribution in [0.4, 0.5) is 15.9 Å². The Morgan fingerprint density at radius 1 is 1.15 bits per heavy atom. The Kier molecular flexibility index (Phi) is 4.63. The first kappa shape index (κ1) is 17.1. The fraction of sp³-hybridized carbons (Fsp3) is 0.0500. The van der Waals surface area contributed by atoms with Gasteiger partial charge in [-0.05, 0) is 35.9 Å². The monoisotopic (exact) mass is 346 g/mol. The summed E-state index contributed by atoms with van der Waals surface area (Å²) in [6.07, 6.45) is 0. The summed E-state index contributed by atoms with van der Waals surface area (Å²) in [5.41, 5.74) is 8.71. The molecule has 0 saturated carbocycles. The number of hydrogen-bond donors (Lipinski definition) is 2. The van der Waals surface area contributed by atoms with Gasteiger partial charge in [0.15, 0.2) is 0 Å². The molecule has 0 bridgehead atoms. The van der Waals surface area contributed by atoms with Crippen molar-refractivity contribution in [2.75, 3.05) is 11.1 Å². The zero-order valence-corrected chi connectivity index (χ0v) is 14.0. The highest BCUT2D eigenvalue weighted by Gasteiger charge is 2.15. The van der Waals surface area contributed by atoms with Crippen LogP contribution in [0, 0.1) is 17.1 Å². The van der Waals surface area contributed by atoms with E-state index in [2.05, 4.69) is 16.4 Å². The molecule has 0 spiro atoms. The van der Waals surface area contributed by atoms with E-state index in [9.17, 15) is 14.4 Å². The van der Waals surface area contributed by atoms with E-state index in [0.29, 0.717) is 28.1 Å². The van der Waals surface area contributed by atoms with Crippen LogP contribution in [-0.4, -0.2) is 10.9 Å². The molecule has 3 rings (SSSR count). The second-order valence-electron chi connectivity index (χ2n) is 5.67. The lowest BCUT2D eigenvalue weighted by molar-refractivity contribution is -0.114. The Morgan fingerprint density at radius 2 is 1.85 bits per heavy atom. The molecule has 1 heterocycles. The van der Waals surface area contributed by atoms with E-state index in [1.807, 2.05) is 0 Å². The summed E-state index contributed by atoms with van der Waals surface area (Å²) in [6.45, 7) is 1.42. The van der Waals surface area contributed by atoms with Crippen molar-refractivity contribution in [3.8, 4) is 28.5 Å². The molecule has 0 unspecified atom stereocenters. The van der Waals surface area contributed by atoms with Crippen LogP contribution in [0.5, 0.6) is 0 Å². The summed E-state index contributed by atoms with van der Waals surface area (Å²) in [5.74, 6) is -0.560. The fourth-order valence-electron chi connectivity index (χ4n) is 2.65. The summed E-state index contributed by atoms with van der Waals surface area (Å²) in [7, 11) is 0. The highest BCUT2D eigenvalue weighted by atomic mass is 19.1. The van der Waals surface area contributed by atoms with Crippen molar-refractivity contribution in [2.24, 2.45) is 0 Å². The average Bonchev–Trinajstić information content (AvgIpc) is 2.61. The Bertz CT molecular complexity index is 1020. The summed E-state index contributed by atoms with van der Waals surface area (Å²) in [6, 6.07) is 16.9. The smallest absolute Gasteiger partial charge is 0.221 e. The minimum Gasteiger partial charge on any atom is -0.383 e. The van der Waals surface area contributed by atoms with Crippen LogP contribution in [0.2, 0.25) is 0 Å². The van der Waals surface area contributed by atoms with Crippen LogP contribution >= 0.6 is 0 Å². The molecular formula is C20H15FN4O. The molecule has 2 aromatic carbocycles. The van der Waals surface area contributed by atoms with Gasteiger partial charge >= 0.3 is 0 Å². The Morgan fingerprint density at radius 3 is 2.46 bits per heavy atom. The van der Waals surface area contributed by atoms with Crippen LogP contribution in [-0.2, 0) is 4.79 Å². The zero-order chi connectivity index (χ0) is 18.7. The van der Waals surface area contributed by atoms with Gasteiger partial charge in [0.05, 0.1) is 5.69 Å². The largest absolute Gasteiger partial charge is 0.383 e. The number of nitrogens with two attached hydrogens (primary N) is 1. The van der Waals surface area contributed by atoms with Crippen LogP contribution in [0.1, 0.15) is 12.5 Å². The number of aromatic nitrogens is 1. The molecule has 1 amide bonds. The lowest BCUT2D eigenvalue weighted by atomic mass is 9.98. The number of carbonyl (C=O) groups is 1. The molecule has 1 aromatic heterocycles. The molecule has 0 aliphatic rings. The quantitative estimate of drug-likeness (QED) is 0.751. The van der Waals surface area contributed by atoms with Gasteiger partial charge in [-0.25, -0.2) is 9.37 Å². The first-order valence-electron chi connectivity index (χ1n) is 7.83.